The molecule has 3 rings (SSSR count). The van der Waals surface area contributed by atoms with Gasteiger partial charge in [-0.15, -0.1) is 11.3 Å². The second kappa shape index (κ2) is 8.59. The van der Waals surface area contributed by atoms with Crippen LogP contribution in [-0.2, 0) is 21.2 Å². The molecule has 0 aliphatic carbocycles. The van der Waals surface area contributed by atoms with Crippen LogP contribution in [0.3, 0.4) is 0 Å². The Labute approximate surface area is 165 Å². The van der Waals surface area contributed by atoms with Gasteiger partial charge in [0.1, 0.15) is 10.3 Å². The summed E-state index contributed by atoms with van der Waals surface area (Å²) in [6, 6.07) is 13.7. The Morgan fingerprint density at radius 3 is 2.39 bits per heavy atom. The number of carbonyl (C=O) groups excluding carboxylic acids is 1. The molecule has 0 bridgehead atoms. The second-order valence-electron chi connectivity index (χ2n) is 5.91. The van der Waals surface area contributed by atoms with Gasteiger partial charge in [-0.1, -0.05) is 36.4 Å². The van der Waals surface area contributed by atoms with Gasteiger partial charge in [0, 0.05) is 11.8 Å². The SMILES string of the molecule is O=C(Nc1ccc(F)c(F)c1)C(Cc1ccccc1)NS(=O)(=O)c1cccs1. The molecular formula is C19H16F2N2O3S2. The molecule has 0 aliphatic rings. The van der Waals surface area contributed by atoms with Crippen molar-refractivity contribution < 1.29 is 22.0 Å². The Morgan fingerprint density at radius 1 is 1.00 bits per heavy atom. The third kappa shape index (κ3) is 5.00. The predicted molar refractivity (Wildman–Crippen MR) is 104 cm³/mol. The van der Waals surface area contributed by atoms with Crippen molar-refractivity contribution in [2.24, 2.45) is 0 Å². The number of hydrogen-bond donors (Lipinski definition) is 2. The van der Waals surface area contributed by atoms with Crippen LogP contribution in [-0.4, -0.2) is 20.4 Å². The predicted octanol–water partition coefficient (Wildman–Crippen LogP) is 3.55. The molecule has 1 amide bonds. The molecule has 1 atom stereocenters. The largest absolute Gasteiger partial charge is 0.325 e. The normalized spacial score (nSPS) is 12.5. The number of halogens is 2. The van der Waals surface area contributed by atoms with E-state index in [9.17, 15) is 22.0 Å². The second-order valence-corrected chi connectivity index (χ2v) is 8.80. The highest BCUT2D eigenvalue weighted by Gasteiger charge is 2.27. The van der Waals surface area contributed by atoms with Crippen molar-refractivity contribution in [3.05, 3.63) is 83.2 Å². The monoisotopic (exact) mass is 422 g/mol. The van der Waals surface area contributed by atoms with Gasteiger partial charge in [0.2, 0.25) is 5.91 Å². The Balaban J connectivity index is 1.84. The molecule has 1 aromatic heterocycles. The summed E-state index contributed by atoms with van der Waals surface area (Å²) in [5.74, 6) is -2.84. The van der Waals surface area contributed by atoms with Crippen LogP contribution in [0.15, 0.2) is 70.3 Å². The van der Waals surface area contributed by atoms with Crippen LogP contribution in [0.1, 0.15) is 5.56 Å². The summed E-state index contributed by atoms with van der Waals surface area (Å²) in [6.07, 6.45) is 0.0843. The number of thiophene rings is 1. The number of hydrogen-bond acceptors (Lipinski definition) is 4. The maximum Gasteiger partial charge on any atom is 0.250 e. The fraction of sp³-hybridized carbons (Fsp3) is 0.105. The number of amides is 1. The van der Waals surface area contributed by atoms with E-state index < -0.39 is 33.6 Å². The Kier molecular flexibility index (Phi) is 6.18. The number of nitrogens with one attached hydrogen (secondary N) is 2. The number of anilines is 1. The number of rotatable bonds is 7. The first-order chi connectivity index (χ1) is 13.3. The highest BCUT2D eigenvalue weighted by Crippen LogP contribution is 2.18. The van der Waals surface area contributed by atoms with E-state index in [0.717, 1.165) is 29.0 Å². The Morgan fingerprint density at radius 2 is 1.75 bits per heavy atom. The minimum Gasteiger partial charge on any atom is -0.325 e. The minimum atomic E-state index is -3.91. The molecular weight excluding hydrogens is 406 g/mol. The Bertz CT molecular complexity index is 1060. The molecule has 9 heteroatoms. The smallest absolute Gasteiger partial charge is 0.250 e. The highest BCUT2D eigenvalue weighted by atomic mass is 32.2. The van der Waals surface area contributed by atoms with Crippen molar-refractivity contribution in [1.29, 1.82) is 0 Å². The lowest BCUT2D eigenvalue weighted by Crippen LogP contribution is -2.45. The summed E-state index contributed by atoms with van der Waals surface area (Å²) >= 11 is 1.02. The van der Waals surface area contributed by atoms with Crippen LogP contribution < -0.4 is 10.0 Å². The van der Waals surface area contributed by atoms with Gasteiger partial charge in [-0.05, 0) is 35.6 Å². The quantitative estimate of drug-likeness (QED) is 0.611. The van der Waals surface area contributed by atoms with E-state index in [-0.39, 0.29) is 16.3 Å². The van der Waals surface area contributed by atoms with Crippen molar-refractivity contribution in [1.82, 2.24) is 4.72 Å². The number of sulfonamides is 1. The van der Waals surface area contributed by atoms with Crippen molar-refractivity contribution in [3.63, 3.8) is 0 Å². The lowest BCUT2D eigenvalue weighted by molar-refractivity contribution is -0.117. The molecule has 0 spiro atoms. The summed E-state index contributed by atoms with van der Waals surface area (Å²) in [5.41, 5.74) is 0.763. The molecule has 0 fully saturated rings. The zero-order valence-corrected chi connectivity index (χ0v) is 16.1. The minimum absolute atomic E-state index is 0.0253. The van der Waals surface area contributed by atoms with Crippen LogP contribution in [0.2, 0.25) is 0 Å². The third-order valence-corrected chi connectivity index (χ3v) is 6.71. The van der Waals surface area contributed by atoms with Gasteiger partial charge in [-0.2, -0.15) is 4.72 Å². The number of carbonyl (C=O) groups is 1. The zero-order chi connectivity index (χ0) is 20.1. The summed E-state index contributed by atoms with van der Waals surface area (Å²) < 4.78 is 54.1. The lowest BCUT2D eigenvalue weighted by Gasteiger charge is -2.18. The van der Waals surface area contributed by atoms with Crippen molar-refractivity contribution in [3.8, 4) is 0 Å². The first-order valence-corrected chi connectivity index (χ1v) is 10.6. The van der Waals surface area contributed by atoms with Gasteiger partial charge in [-0.25, -0.2) is 17.2 Å². The summed E-state index contributed by atoms with van der Waals surface area (Å²) in [7, 11) is -3.91. The Hall–Kier alpha value is -2.62. The molecule has 146 valence electrons. The van der Waals surface area contributed by atoms with Crippen LogP contribution in [0, 0.1) is 11.6 Å². The molecule has 0 aliphatic heterocycles. The average molecular weight is 422 g/mol. The van der Waals surface area contributed by atoms with E-state index in [1.807, 2.05) is 0 Å². The van der Waals surface area contributed by atoms with Crippen molar-refractivity contribution in [2.75, 3.05) is 5.32 Å². The van der Waals surface area contributed by atoms with Crippen LogP contribution >= 0.6 is 11.3 Å². The van der Waals surface area contributed by atoms with Crippen molar-refractivity contribution in [2.45, 2.75) is 16.7 Å². The van der Waals surface area contributed by atoms with E-state index in [1.165, 1.54) is 12.1 Å². The standard InChI is InChI=1S/C19H16F2N2O3S2/c20-15-9-8-14(12-16(15)21)22-19(24)17(11-13-5-2-1-3-6-13)23-28(25,26)18-7-4-10-27-18/h1-10,12,17,23H,11H2,(H,22,24). The van der Waals surface area contributed by atoms with Crippen LogP contribution in [0.25, 0.3) is 0 Å². The molecule has 0 radical (unpaired) electrons. The number of benzene rings is 2. The molecule has 2 N–H and O–H groups in total. The molecule has 0 saturated carbocycles. The first kappa shape index (κ1) is 20.1. The van der Waals surface area contributed by atoms with Crippen molar-refractivity contribution >= 4 is 33.0 Å². The molecule has 3 aromatic rings. The van der Waals surface area contributed by atoms with E-state index in [4.69, 9.17) is 0 Å². The topological polar surface area (TPSA) is 75.3 Å². The van der Waals surface area contributed by atoms with E-state index in [2.05, 4.69) is 10.0 Å². The molecule has 28 heavy (non-hydrogen) atoms. The van der Waals surface area contributed by atoms with E-state index >= 15 is 0 Å². The fourth-order valence-electron chi connectivity index (χ4n) is 2.50. The van der Waals surface area contributed by atoms with E-state index in [1.54, 1.807) is 41.8 Å². The highest BCUT2D eigenvalue weighted by molar-refractivity contribution is 7.91. The van der Waals surface area contributed by atoms with Gasteiger partial charge in [0.15, 0.2) is 11.6 Å². The maximum atomic E-state index is 13.4. The molecule has 5 nitrogen and oxygen atoms in total. The van der Waals surface area contributed by atoms with Gasteiger partial charge in [-0.3, -0.25) is 4.79 Å². The molecule has 1 unspecified atom stereocenters. The maximum absolute atomic E-state index is 13.4. The lowest BCUT2D eigenvalue weighted by atomic mass is 10.1. The molecule has 0 saturated heterocycles. The molecule has 2 aromatic carbocycles. The average Bonchev–Trinajstić information content (AvgIpc) is 3.21. The first-order valence-electron chi connectivity index (χ1n) is 8.21. The fourth-order valence-corrected chi connectivity index (χ4v) is 4.71. The van der Waals surface area contributed by atoms with E-state index in [0.29, 0.717) is 0 Å². The zero-order valence-electron chi connectivity index (χ0n) is 14.4. The van der Waals surface area contributed by atoms with Crippen LogP contribution in [0.4, 0.5) is 14.5 Å². The summed E-state index contributed by atoms with van der Waals surface area (Å²) in [6.45, 7) is 0. The van der Waals surface area contributed by atoms with Gasteiger partial charge in [0.05, 0.1) is 0 Å². The summed E-state index contributed by atoms with van der Waals surface area (Å²) in [5, 5.41) is 4.04. The van der Waals surface area contributed by atoms with Gasteiger partial charge in [0.25, 0.3) is 10.0 Å². The van der Waals surface area contributed by atoms with Gasteiger partial charge >= 0.3 is 0 Å². The molecule has 1 heterocycles. The third-order valence-electron chi connectivity index (χ3n) is 3.84. The van der Waals surface area contributed by atoms with Gasteiger partial charge < -0.3 is 5.32 Å². The van der Waals surface area contributed by atoms with Crippen LogP contribution in [0.5, 0.6) is 0 Å². The summed E-state index contributed by atoms with van der Waals surface area (Å²) in [4.78, 5) is 12.7.